The second-order valence-corrected chi connectivity index (χ2v) is 4.88. The summed E-state index contributed by atoms with van der Waals surface area (Å²) < 4.78 is 6.85. The van der Waals surface area contributed by atoms with Gasteiger partial charge < -0.3 is 10.1 Å². The average Bonchev–Trinajstić information content (AvgIpc) is 3.11. The van der Waals surface area contributed by atoms with E-state index in [0.717, 1.165) is 0 Å². The minimum absolute atomic E-state index is 0.244. The maximum absolute atomic E-state index is 11.9. The summed E-state index contributed by atoms with van der Waals surface area (Å²) in [6.07, 6.45) is 3.85. The third-order valence-electron chi connectivity index (χ3n) is 3.36. The molecule has 1 atom stereocenters. The monoisotopic (exact) mass is 301 g/mol. The summed E-state index contributed by atoms with van der Waals surface area (Å²) in [5, 5.41) is 6.76. The average molecular weight is 301 g/mol. The van der Waals surface area contributed by atoms with Crippen LogP contribution in [0.3, 0.4) is 0 Å². The molecule has 1 aliphatic heterocycles. The van der Waals surface area contributed by atoms with E-state index in [1.165, 1.54) is 11.1 Å². The molecule has 0 bridgehead atoms. The molecule has 8 nitrogen and oxygen atoms in total. The normalized spacial score (nSPS) is 17.4. The van der Waals surface area contributed by atoms with Crippen LogP contribution in [0.2, 0.25) is 0 Å². The predicted molar refractivity (Wildman–Crippen MR) is 77.4 cm³/mol. The van der Waals surface area contributed by atoms with Crippen molar-refractivity contribution in [3.8, 4) is 0 Å². The Morgan fingerprint density at radius 2 is 2.32 bits per heavy atom. The number of cyclic esters (lactones) is 1. The number of nitrogens with zero attached hydrogens (tertiary/aromatic N) is 4. The molecule has 0 aliphatic carbocycles. The lowest BCUT2D eigenvalue weighted by molar-refractivity contribution is 0.0915. The fourth-order valence-corrected chi connectivity index (χ4v) is 2.25. The van der Waals surface area contributed by atoms with Crippen LogP contribution in [0, 0.1) is 0 Å². The SMILES string of the molecule is Cn1nccc1N1CC(CNC(=O)c2cccnc2)OC1=O. The van der Waals surface area contributed by atoms with Crippen LogP contribution in [0.5, 0.6) is 0 Å². The smallest absolute Gasteiger partial charge is 0.416 e. The number of pyridine rings is 1. The summed E-state index contributed by atoms with van der Waals surface area (Å²) in [4.78, 5) is 29.2. The van der Waals surface area contributed by atoms with Crippen LogP contribution >= 0.6 is 0 Å². The first-order chi connectivity index (χ1) is 10.6. The van der Waals surface area contributed by atoms with Gasteiger partial charge in [-0.15, -0.1) is 0 Å². The molecular formula is C14H15N5O3. The van der Waals surface area contributed by atoms with E-state index in [2.05, 4.69) is 15.4 Å². The van der Waals surface area contributed by atoms with Crippen molar-refractivity contribution in [2.24, 2.45) is 7.05 Å². The summed E-state index contributed by atoms with van der Waals surface area (Å²) in [5.41, 5.74) is 0.468. The van der Waals surface area contributed by atoms with E-state index in [1.807, 2.05) is 0 Å². The van der Waals surface area contributed by atoms with Gasteiger partial charge in [-0.05, 0) is 12.1 Å². The van der Waals surface area contributed by atoms with Crippen molar-refractivity contribution in [3.63, 3.8) is 0 Å². The summed E-state index contributed by atoms with van der Waals surface area (Å²) in [6, 6.07) is 5.09. The fraction of sp³-hybridized carbons (Fsp3) is 0.286. The minimum Gasteiger partial charge on any atom is -0.442 e. The van der Waals surface area contributed by atoms with Crippen molar-refractivity contribution in [1.29, 1.82) is 0 Å². The molecule has 0 saturated carbocycles. The highest BCUT2D eigenvalue weighted by molar-refractivity contribution is 5.94. The molecule has 1 fully saturated rings. The van der Waals surface area contributed by atoms with Gasteiger partial charge in [0.2, 0.25) is 0 Å². The summed E-state index contributed by atoms with van der Waals surface area (Å²) in [6.45, 7) is 0.611. The molecule has 2 aromatic rings. The molecule has 1 saturated heterocycles. The third-order valence-corrected chi connectivity index (χ3v) is 3.36. The Labute approximate surface area is 126 Å². The molecule has 0 radical (unpaired) electrons. The van der Waals surface area contributed by atoms with Gasteiger partial charge >= 0.3 is 6.09 Å². The molecule has 3 heterocycles. The number of anilines is 1. The summed E-state index contributed by atoms with van der Waals surface area (Å²) in [5.74, 6) is 0.411. The molecule has 8 heteroatoms. The number of carbonyl (C=O) groups is 2. The van der Waals surface area contributed by atoms with Crippen LogP contribution in [-0.2, 0) is 11.8 Å². The lowest BCUT2D eigenvalue weighted by atomic mass is 10.2. The Kier molecular flexibility index (Phi) is 3.73. The highest BCUT2D eigenvalue weighted by atomic mass is 16.6. The Morgan fingerprint density at radius 3 is 3.00 bits per heavy atom. The second kappa shape index (κ2) is 5.84. The number of aryl methyl sites for hydroxylation is 1. The zero-order valence-corrected chi connectivity index (χ0v) is 12.0. The van der Waals surface area contributed by atoms with Crippen molar-refractivity contribution < 1.29 is 14.3 Å². The van der Waals surface area contributed by atoms with Gasteiger partial charge in [0.1, 0.15) is 11.9 Å². The molecule has 3 rings (SSSR count). The summed E-state index contributed by atoms with van der Waals surface area (Å²) in [7, 11) is 1.75. The van der Waals surface area contributed by atoms with Gasteiger partial charge in [-0.1, -0.05) is 0 Å². The highest BCUT2D eigenvalue weighted by Gasteiger charge is 2.33. The van der Waals surface area contributed by atoms with Crippen molar-refractivity contribution in [2.45, 2.75) is 6.10 Å². The largest absolute Gasteiger partial charge is 0.442 e. The van der Waals surface area contributed by atoms with E-state index in [0.29, 0.717) is 17.9 Å². The van der Waals surface area contributed by atoms with Crippen molar-refractivity contribution in [1.82, 2.24) is 20.1 Å². The Morgan fingerprint density at radius 1 is 1.45 bits per heavy atom. The number of hydrogen-bond acceptors (Lipinski definition) is 5. The molecule has 2 amide bonds. The minimum atomic E-state index is -0.441. The van der Waals surface area contributed by atoms with Gasteiger partial charge in [-0.25, -0.2) is 4.79 Å². The van der Waals surface area contributed by atoms with E-state index in [1.54, 1.807) is 42.3 Å². The number of hydrogen-bond donors (Lipinski definition) is 1. The number of rotatable bonds is 4. The van der Waals surface area contributed by atoms with Crippen LogP contribution in [-0.4, -0.2) is 46.0 Å². The van der Waals surface area contributed by atoms with Crippen molar-refractivity contribution in [2.75, 3.05) is 18.0 Å². The highest BCUT2D eigenvalue weighted by Crippen LogP contribution is 2.20. The first kappa shape index (κ1) is 14.1. The van der Waals surface area contributed by atoms with Crippen molar-refractivity contribution >= 4 is 17.8 Å². The topological polar surface area (TPSA) is 89.3 Å². The van der Waals surface area contributed by atoms with E-state index < -0.39 is 12.2 Å². The van der Waals surface area contributed by atoms with E-state index in [4.69, 9.17) is 4.74 Å². The molecule has 1 unspecified atom stereocenters. The van der Waals surface area contributed by atoms with Crippen LogP contribution in [0.25, 0.3) is 0 Å². The number of carbonyl (C=O) groups excluding carboxylic acids is 2. The lowest BCUT2D eigenvalue weighted by Crippen LogP contribution is -2.34. The molecule has 114 valence electrons. The molecule has 1 N–H and O–H groups in total. The molecule has 0 aromatic carbocycles. The van der Waals surface area contributed by atoms with Gasteiger partial charge in [0, 0.05) is 25.5 Å². The summed E-state index contributed by atoms with van der Waals surface area (Å²) >= 11 is 0. The number of aromatic nitrogens is 3. The van der Waals surface area contributed by atoms with Gasteiger partial charge in [0.15, 0.2) is 0 Å². The standard InChI is InChI=1S/C14H15N5O3/c1-18-12(4-6-17-18)19-9-11(22-14(19)21)8-16-13(20)10-3-2-5-15-7-10/h2-7,11H,8-9H2,1H3,(H,16,20). The Balaban J connectivity index is 1.58. The predicted octanol–water partition coefficient (Wildman–Crippen LogP) is 0.570. The first-order valence-electron chi connectivity index (χ1n) is 6.79. The lowest BCUT2D eigenvalue weighted by Gasteiger charge is -2.12. The first-order valence-corrected chi connectivity index (χ1v) is 6.79. The van der Waals surface area contributed by atoms with Gasteiger partial charge in [0.05, 0.1) is 24.8 Å². The molecular weight excluding hydrogens is 286 g/mol. The zero-order chi connectivity index (χ0) is 15.5. The third kappa shape index (κ3) is 2.76. The zero-order valence-electron chi connectivity index (χ0n) is 12.0. The van der Waals surface area contributed by atoms with E-state index >= 15 is 0 Å². The fourth-order valence-electron chi connectivity index (χ4n) is 2.25. The molecule has 2 aromatic heterocycles. The molecule has 22 heavy (non-hydrogen) atoms. The van der Waals surface area contributed by atoms with Crippen molar-refractivity contribution in [3.05, 3.63) is 42.4 Å². The van der Waals surface area contributed by atoms with Crippen LogP contribution in [0.4, 0.5) is 10.6 Å². The van der Waals surface area contributed by atoms with E-state index in [-0.39, 0.29) is 12.5 Å². The molecule has 1 aliphatic rings. The number of nitrogens with one attached hydrogen (secondary N) is 1. The second-order valence-electron chi connectivity index (χ2n) is 4.88. The van der Waals surface area contributed by atoms with Crippen LogP contribution in [0.15, 0.2) is 36.8 Å². The van der Waals surface area contributed by atoms with Gasteiger partial charge in [-0.2, -0.15) is 5.10 Å². The maximum Gasteiger partial charge on any atom is 0.416 e. The number of amides is 2. The van der Waals surface area contributed by atoms with Gasteiger partial charge in [-0.3, -0.25) is 19.4 Å². The van der Waals surface area contributed by atoms with Crippen LogP contribution in [0.1, 0.15) is 10.4 Å². The quantitative estimate of drug-likeness (QED) is 0.891. The Bertz CT molecular complexity index is 685. The van der Waals surface area contributed by atoms with Crippen LogP contribution < -0.4 is 10.2 Å². The molecule has 0 spiro atoms. The van der Waals surface area contributed by atoms with E-state index in [9.17, 15) is 9.59 Å². The number of ether oxygens (including phenoxy) is 1. The maximum atomic E-state index is 11.9. The van der Waals surface area contributed by atoms with Gasteiger partial charge in [0.25, 0.3) is 5.91 Å². The Hall–Kier alpha value is -2.90.